The number of hydrogen-bond donors (Lipinski definition) is 2. The van der Waals surface area contributed by atoms with Gasteiger partial charge in [0.25, 0.3) is 0 Å². The number of allylic oxidation sites excluding steroid dienone is 4. The number of rotatable bonds is 15. The van der Waals surface area contributed by atoms with Gasteiger partial charge >= 0.3 is 11.9 Å². The van der Waals surface area contributed by atoms with Crippen molar-refractivity contribution in [2.75, 3.05) is 33.0 Å². The van der Waals surface area contributed by atoms with E-state index in [1.54, 1.807) is 0 Å². The molecule has 0 bridgehead atoms. The number of hydrogen-bond acceptors (Lipinski definition) is 8. The molecule has 0 amide bonds. The highest BCUT2D eigenvalue weighted by Crippen LogP contribution is 2.64. The molecule has 11 unspecified atom stereocenters. The van der Waals surface area contributed by atoms with Crippen molar-refractivity contribution in [3.63, 3.8) is 0 Å². The molecule has 58 heavy (non-hydrogen) atoms. The lowest BCUT2D eigenvalue weighted by molar-refractivity contribution is -0.172. The highest BCUT2D eigenvalue weighted by molar-refractivity contribution is 5.78. The second-order valence-electron chi connectivity index (χ2n) is 20.7. The number of ether oxygens (including phenoxy) is 4. The van der Waals surface area contributed by atoms with Gasteiger partial charge in [-0.3, -0.25) is 9.59 Å². The molecule has 1 aromatic carbocycles. The van der Waals surface area contributed by atoms with E-state index in [-0.39, 0.29) is 73.7 Å². The molecule has 0 aromatic heterocycles. The molecule has 324 valence electrons. The molecule has 6 rings (SSSR count). The average Bonchev–Trinajstić information content (AvgIpc) is 3.17. The maximum Gasteiger partial charge on any atom is 0.312 e. The van der Waals surface area contributed by atoms with Crippen LogP contribution in [0.5, 0.6) is 0 Å². The average molecular weight is 805 g/mol. The molecular weight excluding hydrogens is 729 g/mol. The SMILES string of the molecule is CC(COCC(O)COC(=O)C1(C)CCCC2(C)C3=CC=C(C(C)C)C(C)C3CCC12)OCC(O)COC(=O)C1(C)CCCC2(C)c3ccc(C(C)C)cc3CCC12. The summed E-state index contributed by atoms with van der Waals surface area (Å²) >= 11 is 0. The Balaban J connectivity index is 0.913. The van der Waals surface area contributed by atoms with E-state index < -0.39 is 23.0 Å². The Hall–Kier alpha value is -2.52. The number of carbonyl (C=O) groups excluding carboxylic acids is 2. The van der Waals surface area contributed by atoms with Crippen LogP contribution in [0, 0.1) is 45.8 Å². The van der Waals surface area contributed by atoms with Crippen LogP contribution in [0.1, 0.15) is 150 Å². The van der Waals surface area contributed by atoms with E-state index in [0.717, 1.165) is 64.2 Å². The molecule has 3 fully saturated rings. The summed E-state index contributed by atoms with van der Waals surface area (Å²) < 4.78 is 23.2. The number of esters is 2. The molecule has 8 heteroatoms. The number of carbonyl (C=O) groups is 2. The largest absolute Gasteiger partial charge is 0.462 e. The second-order valence-corrected chi connectivity index (χ2v) is 20.7. The first-order valence-electron chi connectivity index (χ1n) is 22.8. The third-order valence-corrected chi connectivity index (χ3v) is 16.0. The maximum absolute atomic E-state index is 13.8. The number of benzene rings is 1. The predicted molar refractivity (Wildman–Crippen MR) is 228 cm³/mol. The summed E-state index contributed by atoms with van der Waals surface area (Å²) in [4.78, 5) is 27.5. The van der Waals surface area contributed by atoms with Gasteiger partial charge in [0.1, 0.15) is 25.4 Å². The Morgan fingerprint density at radius 1 is 0.724 bits per heavy atom. The first-order valence-corrected chi connectivity index (χ1v) is 22.8. The Kier molecular flexibility index (Phi) is 13.8. The summed E-state index contributed by atoms with van der Waals surface area (Å²) in [5.74, 6) is 2.01. The van der Waals surface area contributed by atoms with Crippen LogP contribution in [0.25, 0.3) is 0 Å². The summed E-state index contributed by atoms with van der Waals surface area (Å²) in [6.45, 7) is 22.0. The van der Waals surface area contributed by atoms with Gasteiger partial charge in [0, 0.05) is 0 Å². The fourth-order valence-corrected chi connectivity index (χ4v) is 12.7. The van der Waals surface area contributed by atoms with Crippen molar-refractivity contribution in [3.8, 4) is 0 Å². The molecule has 1 aromatic rings. The molecule has 0 aliphatic heterocycles. The maximum atomic E-state index is 13.8. The summed E-state index contributed by atoms with van der Waals surface area (Å²) in [5, 5.41) is 21.4. The van der Waals surface area contributed by atoms with Gasteiger partial charge in [0.2, 0.25) is 0 Å². The van der Waals surface area contributed by atoms with Crippen LogP contribution >= 0.6 is 0 Å². The van der Waals surface area contributed by atoms with E-state index in [0.29, 0.717) is 23.7 Å². The molecule has 0 spiro atoms. The van der Waals surface area contributed by atoms with Gasteiger partial charge in [-0.05, 0) is 135 Å². The van der Waals surface area contributed by atoms with E-state index in [9.17, 15) is 19.8 Å². The molecule has 0 heterocycles. The van der Waals surface area contributed by atoms with Crippen LogP contribution in [0.4, 0.5) is 0 Å². The standard InChI is InChI=1S/C50H76O8/c1-31(2)35-13-17-41-36(25-35)14-19-43-47(41,7)21-11-23-49(43,9)45(53)58-30-38(52)28-56-33(5)26-55-27-37(51)29-57-46(54)50(10)24-12-22-48(8)42-18-15-39(32(3)4)34(6)40(42)16-20-44(48)50/h13,15,17-18,25,31-34,37-38,40,43-44,51-52H,11-12,14,16,19-24,26-30H2,1-10H3. The second kappa shape index (κ2) is 17.8. The van der Waals surface area contributed by atoms with Crippen molar-refractivity contribution in [2.24, 2.45) is 45.8 Å². The smallest absolute Gasteiger partial charge is 0.312 e. The van der Waals surface area contributed by atoms with Gasteiger partial charge in [0.15, 0.2) is 0 Å². The monoisotopic (exact) mass is 805 g/mol. The van der Waals surface area contributed by atoms with Crippen molar-refractivity contribution in [2.45, 2.75) is 163 Å². The molecule has 5 aliphatic carbocycles. The molecule has 0 radical (unpaired) electrons. The first-order chi connectivity index (χ1) is 27.3. The molecule has 11 atom stereocenters. The molecular formula is C50H76O8. The Morgan fingerprint density at radius 3 is 1.95 bits per heavy atom. The van der Waals surface area contributed by atoms with Gasteiger partial charge in [-0.25, -0.2) is 0 Å². The lowest BCUT2D eigenvalue weighted by Gasteiger charge is -2.58. The van der Waals surface area contributed by atoms with Gasteiger partial charge in [-0.2, -0.15) is 0 Å². The third-order valence-electron chi connectivity index (χ3n) is 16.0. The van der Waals surface area contributed by atoms with Crippen LogP contribution in [-0.2, 0) is 40.4 Å². The van der Waals surface area contributed by atoms with E-state index in [2.05, 4.69) is 92.7 Å². The van der Waals surface area contributed by atoms with Crippen molar-refractivity contribution in [1.82, 2.24) is 0 Å². The summed E-state index contributed by atoms with van der Waals surface area (Å²) in [6.07, 6.45) is 12.1. The number of aliphatic hydroxyl groups excluding tert-OH is 2. The minimum absolute atomic E-state index is 0.00197. The summed E-state index contributed by atoms with van der Waals surface area (Å²) in [5.41, 5.74) is 5.88. The Bertz CT molecular complexity index is 1700. The minimum atomic E-state index is -0.971. The molecule has 2 N–H and O–H groups in total. The summed E-state index contributed by atoms with van der Waals surface area (Å²) in [7, 11) is 0. The van der Waals surface area contributed by atoms with E-state index in [1.807, 2.05) is 6.92 Å². The highest BCUT2D eigenvalue weighted by Gasteiger charge is 2.59. The number of aryl methyl sites for hydroxylation is 1. The van der Waals surface area contributed by atoms with Crippen LogP contribution in [0.3, 0.4) is 0 Å². The lowest BCUT2D eigenvalue weighted by atomic mass is 9.46. The zero-order valence-electron chi connectivity index (χ0n) is 37.5. The van der Waals surface area contributed by atoms with Crippen LogP contribution in [0.15, 0.2) is 41.5 Å². The molecule has 0 saturated heterocycles. The molecule has 3 saturated carbocycles. The van der Waals surface area contributed by atoms with E-state index in [1.165, 1.54) is 27.8 Å². The Morgan fingerprint density at radius 2 is 1.33 bits per heavy atom. The minimum Gasteiger partial charge on any atom is -0.462 e. The van der Waals surface area contributed by atoms with Crippen LogP contribution in [0.2, 0.25) is 0 Å². The van der Waals surface area contributed by atoms with Crippen molar-refractivity contribution in [3.05, 3.63) is 58.2 Å². The zero-order chi connectivity index (χ0) is 42.2. The number of aliphatic hydroxyl groups is 2. The van der Waals surface area contributed by atoms with E-state index >= 15 is 0 Å². The van der Waals surface area contributed by atoms with Crippen LogP contribution < -0.4 is 0 Å². The lowest BCUT2D eigenvalue weighted by Crippen LogP contribution is -2.53. The van der Waals surface area contributed by atoms with Crippen molar-refractivity contribution >= 4 is 11.9 Å². The summed E-state index contributed by atoms with van der Waals surface area (Å²) in [6, 6.07) is 6.94. The molecule has 5 aliphatic rings. The van der Waals surface area contributed by atoms with Gasteiger partial charge in [-0.1, -0.05) is 103 Å². The highest BCUT2D eigenvalue weighted by atomic mass is 16.6. The quantitative estimate of drug-likeness (QED) is 0.169. The predicted octanol–water partition coefficient (Wildman–Crippen LogP) is 9.43. The first kappa shape index (κ1) is 45.0. The number of fused-ring (bicyclic) bond motifs is 6. The van der Waals surface area contributed by atoms with Crippen molar-refractivity contribution in [1.29, 1.82) is 0 Å². The zero-order valence-corrected chi connectivity index (χ0v) is 37.5. The van der Waals surface area contributed by atoms with Crippen molar-refractivity contribution < 1.29 is 38.7 Å². The fourth-order valence-electron chi connectivity index (χ4n) is 12.7. The fraction of sp³-hybridized carbons (Fsp3) is 0.760. The van der Waals surface area contributed by atoms with Gasteiger partial charge in [0.05, 0.1) is 36.8 Å². The van der Waals surface area contributed by atoms with Gasteiger partial charge in [-0.15, -0.1) is 0 Å². The van der Waals surface area contributed by atoms with Crippen LogP contribution in [-0.4, -0.2) is 73.5 Å². The van der Waals surface area contributed by atoms with Gasteiger partial charge < -0.3 is 29.2 Å². The third kappa shape index (κ3) is 8.65. The Labute approximate surface area is 349 Å². The topological polar surface area (TPSA) is 112 Å². The molecule has 8 nitrogen and oxygen atoms in total. The normalized spacial score (nSPS) is 34.7. The van der Waals surface area contributed by atoms with E-state index in [4.69, 9.17) is 18.9 Å².